The van der Waals surface area contributed by atoms with E-state index in [2.05, 4.69) is 26.6 Å². The Labute approximate surface area is 165 Å². The molecule has 2 aromatic rings. The normalized spacial score (nSPS) is 13.2. The number of rotatable bonds is 5. The molecular weight excluding hydrogens is 434 g/mol. The molecule has 3 rings (SSSR count). The van der Waals surface area contributed by atoms with Gasteiger partial charge in [0.05, 0.1) is 24.2 Å². The van der Waals surface area contributed by atoms with E-state index in [1.165, 1.54) is 4.31 Å². The Morgan fingerprint density at radius 3 is 2.63 bits per heavy atom. The molecule has 1 aliphatic heterocycles. The monoisotopic (exact) mass is 451 g/mol. The van der Waals surface area contributed by atoms with Crippen LogP contribution in [0.25, 0.3) is 0 Å². The lowest BCUT2D eigenvalue weighted by Crippen LogP contribution is -2.33. The zero-order valence-corrected chi connectivity index (χ0v) is 16.9. The highest BCUT2D eigenvalue weighted by Gasteiger charge is 2.26. The maximum atomic E-state index is 12.3. The van der Waals surface area contributed by atoms with Crippen LogP contribution in [0, 0.1) is 0 Å². The lowest BCUT2D eigenvalue weighted by molar-refractivity contribution is -0.115. The molecule has 0 saturated heterocycles. The van der Waals surface area contributed by atoms with Gasteiger partial charge in [-0.2, -0.15) is 0 Å². The number of amides is 2. The van der Waals surface area contributed by atoms with Crippen molar-refractivity contribution in [3.63, 3.8) is 0 Å². The number of benzene rings is 2. The third-order valence-corrected chi connectivity index (χ3v) is 6.02. The number of para-hydroxylation sites is 1. The van der Waals surface area contributed by atoms with E-state index in [4.69, 9.17) is 0 Å². The fourth-order valence-corrected chi connectivity index (χ4v) is 4.22. The second-order valence-electron chi connectivity index (χ2n) is 6.14. The Morgan fingerprint density at radius 2 is 1.93 bits per heavy atom. The number of nitrogens with zero attached hydrogens (tertiary/aromatic N) is 1. The van der Waals surface area contributed by atoms with E-state index < -0.39 is 15.9 Å². The zero-order chi connectivity index (χ0) is 19.6. The Bertz CT molecular complexity index is 1010. The summed E-state index contributed by atoms with van der Waals surface area (Å²) >= 11 is 3.34. The molecule has 0 aliphatic carbocycles. The van der Waals surface area contributed by atoms with E-state index in [9.17, 15) is 18.0 Å². The standard InChI is InChI=1S/C18H18BrN3O4S/c1-27(25,26)22-9-8-12-10-13(6-7-16(12)22)18(24)20-11-17(23)21-15-5-3-2-4-14(15)19/h2-7,10H,8-9,11H2,1H3,(H,20,24)(H,21,23). The number of anilines is 2. The summed E-state index contributed by atoms with van der Waals surface area (Å²) in [5, 5.41) is 5.28. The maximum absolute atomic E-state index is 12.3. The molecule has 0 aromatic heterocycles. The van der Waals surface area contributed by atoms with Crippen LogP contribution in [0.4, 0.5) is 11.4 Å². The van der Waals surface area contributed by atoms with E-state index in [0.717, 1.165) is 16.3 Å². The molecule has 0 bridgehead atoms. The van der Waals surface area contributed by atoms with Gasteiger partial charge in [0.2, 0.25) is 15.9 Å². The molecule has 0 unspecified atom stereocenters. The third kappa shape index (κ3) is 4.48. The lowest BCUT2D eigenvalue weighted by atomic mass is 10.1. The van der Waals surface area contributed by atoms with Crippen LogP contribution in [-0.2, 0) is 21.2 Å². The first-order chi connectivity index (χ1) is 12.8. The molecular formula is C18H18BrN3O4S. The van der Waals surface area contributed by atoms with Crippen LogP contribution in [0.2, 0.25) is 0 Å². The molecule has 2 aromatic carbocycles. The molecule has 0 spiro atoms. The minimum Gasteiger partial charge on any atom is -0.343 e. The quantitative estimate of drug-likeness (QED) is 0.727. The van der Waals surface area contributed by atoms with Gasteiger partial charge in [-0.1, -0.05) is 12.1 Å². The molecule has 9 heteroatoms. The summed E-state index contributed by atoms with van der Waals surface area (Å²) < 4.78 is 25.6. The molecule has 0 atom stereocenters. The first-order valence-electron chi connectivity index (χ1n) is 8.19. The molecule has 0 saturated carbocycles. The number of fused-ring (bicyclic) bond motifs is 1. The zero-order valence-electron chi connectivity index (χ0n) is 14.5. The van der Waals surface area contributed by atoms with Gasteiger partial charge in [0.15, 0.2) is 0 Å². The van der Waals surface area contributed by atoms with Gasteiger partial charge in [0.25, 0.3) is 5.91 Å². The molecule has 1 aliphatic rings. The second kappa shape index (κ2) is 7.69. The van der Waals surface area contributed by atoms with Gasteiger partial charge in [-0.3, -0.25) is 13.9 Å². The Balaban J connectivity index is 1.62. The van der Waals surface area contributed by atoms with Gasteiger partial charge < -0.3 is 10.6 Å². The number of carbonyl (C=O) groups excluding carboxylic acids is 2. The number of hydrogen-bond donors (Lipinski definition) is 2. The van der Waals surface area contributed by atoms with Crippen molar-refractivity contribution < 1.29 is 18.0 Å². The Hall–Kier alpha value is -2.39. The van der Waals surface area contributed by atoms with Crippen LogP contribution in [0.15, 0.2) is 46.9 Å². The highest BCUT2D eigenvalue weighted by molar-refractivity contribution is 9.10. The summed E-state index contributed by atoms with van der Waals surface area (Å²) in [6, 6.07) is 12.0. The number of sulfonamides is 1. The van der Waals surface area contributed by atoms with Crippen molar-refractivity contribution in [2.45, 2.75) is 6.42 Å². The van der Waals surface area contributed by atoms with Crippen LogP contribution < -0.4 is 14.9 Å². The topological polar surface area (TPSA) is 95.6 Å². The van der Waals surface area contributed by atoms with Crippen molar-refractivity contribution in [2.75, 3.05) is 29.0 Å². The van der Waals surface area contributed by atoms with Crippen molar-refractivity contribution >= 4 is 49.1 Å². The molecule has 0 radical (unpaired) electrons. The van der Waals surface area contributed by atoms with Gasteiger partial charge in [-0.25, -0.2) is 8.42 Å². The predicted octanol–water partition coefficient (Wildman–Crippen LogP) is 2.14. The number of hydrogen-bond acceptors (Lipinski definition) is 4. The summed E-state index contributed by atoms with van der Waals surface area (Å²) in [5.74, 6) is -0.738. The SMILES string of the molecule is CS(=O)(=O)N1CCc2cc(C(=O)NCC(=O)Nc3ccccc3Br)ccc21. The minimum atomic E-state index is -3.33. The third-order valence-electron chi connectivity index (χ3n) is 4.15. The second-order valence-corrected chi connectivity index (χ2v) is 8.90. The van der Waals surface area contributed by atoms with Crippen LogP contribution in [-0.4, -0.2) is 39.6 Å². The summed E-state index contributed by atoms with van der Waals surface area (Å²) in [5.41, 5.74) is 2.40. The van der Waals surface area contributed by atoms with Crippen molar-refractivity contribution in [2.24, 2.45) is 0 Å². The average Bonchev–Trinajstić information content (AvgIpc) is 3.05. The summed E-state index contributed by atoms with van der Waals surface area (Å²) in [4.78, 5) is 24.3. The molecule has 2 N–H and O–H groups in total. The van der Waals surface area contributed by atoms with Crippen molar-refractivity contribution in [3.8, 4) is 0 Å². The van der Waals surface area contributed by atoms with Gasteiger partial charge in [-0.15, -0.1) is 0 Å². The van der Waals surface area contributed by atoms with Crippen LogP contribution in [0.5, 0.6) is 0 Å². The van der Waals surface area contributed by atoms with Crippen molar-refractivity contribution in [3.05, 3.63) is 58.1 Å². The van der Waals surface area contributed by atoms with Gasteiger partial charge in [-0.05, 0) is 58.2 Å². The Kier molecular flexibility index (Phi) is 5.52. The van der Waals surface area contributed by atoms with E-state index in [0.29, 0.717) is 29.9 Å². The highest BCUT2D eigenvalue weighted by Crippen LogP contribution is 2.30. The predicted molar refractivity (Wildman–Crippen MR) is 107 cm³/mol. The van der Waals surface area contributed by atoms with Gasteiger partial charge in [0, 0.05) is 16.6 Å². The molecule has 142 valence electrons. The van der Waals surface area contributed by atoms with E-state index >= 15 is 0 Å². The molecule has 0 fully saturated rings. The largest absolute Gasteiger partial charge is 0.343 e. The van der Waals surface area contributed by atoms with Crippen molar-refractivity contribution in [1.29, 1.82) is 0 Å². The van der Waals surface area contributed by atoms with E-state index in [-0.39, 0.29) is 12.5 Å². The number of carbonyl (C=O) groups is 2. The molecule has 1 heterocycles. The van der Waals surface area contributed by atoms with Crippen LogP contribution >= 0.6 is 15.9 Å². The molecule has 7 nitrogen and oxygen atoms in total. The van der Waals surface area contributed by atoms with Crippen LogP contribution in [0.1, 0.15) is 15.9 Å². The van der Waals surface area contributed by atoms with Gasteiger partial charge in [0.1, 0.15) is 0 Å². The van der Waals surface area contributed by atoms with E-state index in [1.54, 1.807) is 36.4 Å². The fourth-order valence-electron chi connectivity index (χ4n) is 2.88. The summed E-state index contributed by atoms with van der Waals surface area (Å²) in [6.07, 6.45) is 1.71. The summed E-state index contributed by atoms with van der Waals surface area (Å²) in [6.45, 7) is 0.195. The number of halogens is 1. The van der Waals surface area contributed by atoms with Crippen molar-refractivity contribution in [1.82, 2.24) is 5.32 Å². The Morgan fingerprint density at radius 1 is 1.19 bits per heavy atom. The first kappa shape index (κ1) is 19.4. The fraction of sp³-hybridized carbons (Fsp3) is 0.222. The number of nitrogens with one attached hydrogen (secondary N) is 2. The minimum absolute atomic E-state index is 0.174. The molecule has 27 heavy (non-hydrogen) atoms. The summed E-state index contributed by atoms with van der Waals surface area (Å²) in [7, 11) is -3.33. The lowest BCUT2D eigenvalue weighted by Gasteiger charge is -2.16. The smallest absolute Gasteiger partial charge is 0.251 e. The van der Waals surface area contributed by atoms with Gasteiger partial charge >= 0.3 is 0 Å². The molecule has 2 amide bonds. The van der Waals surface area contributed by atoms with Crippen LogP contribution in [0.3, 0.4) is 0 Å². The van der Waals surface area contributed by atoms with E-state index in [1.807, 2.05) is 6.07 Å². The highest BCUT2D eigenvalue weighted by atomic mass is 79.9. The average molecular weight is 452 g/mol. The maximum Gasteiger partial charge on any atom is 0.251 e. The first-order valence-corrected chi connectivity index (χ1v) is 10.8.